The SMILES string of the molecule is CCCNC(C)CSc1nccn1C. The molecule has 0 aliphatic rings. The molecule has 0 aliphatic carbocycles. The fourth-order valence-electron chi connectivity index (χ4n) is 1.14. The molecule has 1 atom stereocenters. The minimum Gasteiger partial charge on any atom is -0.329 e. The van der Waals surface area contributed by atoms with Crippen molar-refractivity contribution in [2.45, 2.75) is 31.5 Å². The zero-order valence-corrected chi connectivity index (χ0v) is 9.97. The maximum atomic E-state index is 4.27. The van der Waals surface area contributed by atoms with Crippen LogP contribution in [0.15, 0.2) is 17.6 Å². The second-order valence-corrected chi connectivity index (χ2v) is 4.47. The lowest BCUT2D eigenvalue weighted by molar-refractivity contribution is 0.589. The van der Waals surface area contributed by atoms with E-state index in [1.54, 1.807) is 11.8 Å². The first kappa shape index (κ1) is 11.6. The summed E-state index contributed by atoms with van der Waals surface area (Å²) in [5, 5.41) is 4.55. The van der Waals surface area contributed by atoms with Crippen LogP contribution in [0.5, 0.6) is 0 Å². The number of rotatable bonds is 6. The van der Waals surface area contributed by atoms with E-state index in [0.29, 0.717) is 6.04 Å². The van der Waals surface area contributed by atoms with E-state index < -0.39 is 0 Å². The Morgan fingerprint density at radius 3 is 3.00 bits per heavy atom. The van der Waals surface area contributed by atoms with Crippen LogP contribution in [-0.2, 0) is 7.05 Å². The highest BCUT2D eigenvalue weighted by atomic mass is 32.2. The van der Waals surface area contributed by atoms with Crippen LogP contribution in [0.2, 0.25) is 0 Å². The number of nitrogens with zero attached hydrogens (tertiary/aromatic N) is 2. The van der Waals surface area contributed by atoms with Gasteiger partial charge in [-0.25, -0.2) is 4.98 Å². The van der Waals surface area contributed by atoms with Crippen LogP contribution in [0.4, 0.5) is 0 Å². The monoisotopic (exact) mass is 213 g/mol. The van der Waals surface area contributed by atoms with Crippen LogP contribution >= 0.6 is 11.8 Å². The van der Waals surface area contributed by atoms with E-state index in [2.05, 4.69) is 28.7 Å². The molecule has 1 unspecified atom stereocenters. The van der Waals surface area contributed by atoms with Crippen molar-refractivity contribution < 1.29 is 0 Å². The molecule has 0 radical (unpaired) electrons. The highest BCUT2D eigenvalue weighted by molar-refractivity contribution is 7.99. The molecule has 4 heteroatoms. The van der Waals surface area contributed by atoms with Gasteiger partial charge in [-0.2, -0.15) is 0 Å². The second-order valence-electron chi connectivity index (χ2n) is 3.49. The summed E-state index contributed by atoms with van der Waals surface area (Å²) in [5.74, 6) is 1.07. The topological polar surface area (TPSA) is 29.9 Å². The van der Waals surface area contributed by atoms with Crippen molar-refractivity contribution in [3.8, 4) is 0 Å². The van der Waals surface area contributed by atoms with Gasteiger partial charge in [-0.1, -0.05) is 18.7 Å². The Labute approximate surface area is 90.3 Å². The predicted octanol–water partition coefficient (Wildman–Crippen LogP) is 1.90. The molecule has 1 rings (SSSR count). The van der Waals surface area contributed by atoms with Gasteiger partial charge in [-0.15, -0.1) is 0 Å². The molecule has 1 N–H and O–H groups in total. The van der Waals surface area contributed by atoms with Crippen LogP contribution < -0.4 is 5.32 Å². The zero-order chi connectivity index (χ0) is 10.4. The first-order valence-electron chi connectivity index (χ1n) is 5.07. The van der Waals surface area contributed by atoms with E-state index in [-0.39, 0.29) is 0 Å². The Kier molecular flexibility index (Phi) is 5.04. The van der Waals surface area contributed by atoms with Crippen molar-refractivity contribution in [2.24, 2.45) is 7.05 Å². The number of nitrogens with one attached hydrogen (secondary N) is 1. The third-order valence-electron chi connectivity index (χ3n) is 1.98. The lowest BCUT2D eigenvalue weighted by atomic mass is 10.3. The molecule has 0 saturated carbocycles. The number of imidazole rings is 1. The fraction of sp³-hybridized carbons (Fsp3) is 0.700. The summed E-state index contributed by atoms with van der Waals surface area (Å²) in [4.78, 5) is 4.27. The maximum absolute atomic E-state index is 4.27. The molecule has 0 fully saturated rings. The van der Waals surface area contributed by atoms with Gasteiger partial charge in [0, 0.05) is 31.2 Å². The second kappa shape index (κ2) is 6.09. The average molecular weight is 213 g/mol. The van der Waals surface area contributed by atoms with Crippen LogP contribution in [0.25, 0.3) is 0 Å². The Bertz CT molecular complexity index is 260. The van der Waals surface area contributed by atoms with Crippen molar-refractivity contribution in [3.05, 3.63) is 12.4 Å². The summed E-state index contributed by atoms with van der Waals surface area (Å²) in [6.07, 6.45) is 5.01. The minimum atomic E-state index is 0.552. The quantitative estimate of drug-likeness (QED) is 0.732. The summed E-state index contributed by atoms with van der Waals surface area (Å²) < 4.78 is 2.05. The number of hydrogen-bond acceptors (Lipinski definition) is 3. The van der Waals surface area contributed by atoms with Crippen molar-refractivity contribution in [3.63, 3.8) is 0 Å². The van der Waals surface area contributed by atoms with E-state index in [1.165, 1.54) is 6.42 Å². The van der Waals surface area contributed by atoms with Gasteiger partial charge >= 0.3 is 0 Å². The molecule has 3 nitrogen and oxygen atoms in total. The Balaban J connectivity index is 2.23. The van der Waals surface area contributed by atoms with Crippen LogP contribution in [0.3, 0.4) is 0 Å². The summed E-state index contributed by atoms with van der Waals surface area (Å²) in [6, 6.07) is 0.552. The van der Waals surface area contributed by atoms with Crippen molar-refractivity contribution in [2.75, 3.05) is 12.3 Å². The van der Waals surface area contributed by atoms with Gasteiger partial charge in [0.05, 0.1) is 0 Å². The zero-order valence-electron chi connectivity index (χ0n) is 9.16. The van der Waals surface area contributed by atoms with Crippen LogP contribution in [-0.4, -0.2) is 27.9 Å². The maximum Gasteiger partial charge on any atom is 0.167 e. The van der Waals surface area contributed by atoms with E-state index in [0.717, 1.165) is 17.5 Å². The number of thioether (sulfide) groups is 1. The number of aromatic nitrogens is 2. The summed E-state index contributed by atoms with van der Waals surface area (Å²) in [7, 11) is 2.03. The van der Waals surface area contributed by atoms with Gasteiger partial charge in [-0.05, 0) is 19.9 Å². The van der Waals surface area contributed by atoms with E-state index in [4.69, 9.17) is 0 Å². The fourth-order valence-corrected chi connectivity index (χ4v) is 2.06. The first-order valence-corrected chi connectivity index (χ1v) is 6.06. The smallest absolute Gasteiger partial charge is 0.167 e. The van der Waals surface area contributed by atoms with Gasteiger partial charge < -0.3 is 9.88 Å². The van der Waals surface area contributed by atoms with Gasteiger partial charge in [0.25, 0.3) is 0 Å². The molecule has 80 valence electrons. The van der Waals surface area contributed by atoms with Gasteiger partial charge in [-0.3, -0.25) is 0 Å². The number of aryl methyl sites for hydroxylation is 1. The molecule has 0 aromatic carbocycles. The lowest BCUT2D eigenvalue weighted by Crippen LogP contribution is -2.28. The molecule has 0 spiro atoms. The molecule has 1 heterocycles. The average Bonchev–Trinajstić information content (AvgIpc) is 2.58. The molecule has 1 aromatic heterocycles. The predicted molar refractivity (Wildman–Crippen MR) is 61.7 cm³/mol. The summed E-state index contributed by atoms with van der Waals surface area (Å²) in [5.41, 5.74) is 0. The Morgan fingerprint density at radius 2 is 2.43 bits per heavy atom. The highest BCUT2D eigenvalue weighted by Crippen LogP contribution is 2.15. The first-order chi connectivity index (χ1) is 6.74. The minimum absolute atomic E-state index is 0.552. The molecule has 1 aromatic rings. The molecule has 0 aliphatic heterocycles. The summed E-state index contributed by atoms with van der Waals surface area (Å²) in [6.45, 7) is 5.50. The normalized spacial score (nSPS) is 13.1. The van der Waals surface area contributed by atoms with Crippen molar-refractivity contribution in [1.82, 2.24) is 14.9 Å². The van der Waals surface area contributed by atoms with Crippen molar-refractivity contribution >= 4 is 11.8 Å². The standard InChI is InChI=1S/C10H19N3S/c1-4-5-11-9(2)8-14-10-12-6-7-13(10)3/h6-7,9,11H,4-5,8H2,1-3H3. The lowest BCUT2D eigenvalue weighted by Gasteiger charge is -2.11. The molecule has 0 bridgehead atoms. The van der Waals surface area contributed by atoms with Gasteiger partial charge in [0.15, 0.2) is 5.16 Å². The van der Waals surface area contributed by atoms with Crippen molar-refractivity contribution in [1.29, 1.82) is 0 Å². The van der Waals surface area contributed by atoms with Gasteiger partial charge in [0.2, 0.25) is 0 Å². The summed E-state index contributed by atoms with van der Waals surface area (Å²) >= 11 is 1.80. The largest absolute Gasteiger partial charge is 0.329 e. The third kappa shape index (κ3) is 3.72. The van der Waals surface area contributed by atoms with E-state index in [1.807, 2.05) is 19.4 Å². The molecule has 0 saturated heterocycles. The Morgan fingerprint density at radius 1 is 1.64 bits per heavy atom. The molecular formula is C10H19N3S. The highest BCUT2D eigenvalue weighted by Gasteiger charge is 2.04. The number of hydrogen-bond donors (Lipinski definition) is 1. The molecular weight excluding hydrogens is 194 g/mol. The van der Waals surface area contributed by atoms with Crippen LogP contribution in [0.1, 0.15) is 20.3 Å². The third-order valence-corrected chi connectivity index (χ3v) is 3.30. The van der Waals surface area contributed by atoms with Gasteiger partial charge in [0.1, 0.15) is 0 Å². The van der Waals surface area contributed by atoms with E-state index in [9.17, 15) is 0 Å². The Hall–Kier alpha value is -0.480. The van der Waals surface area contributed by atoms with E-state index >= 15 is 0 Å². The molecule has 0 amide bonds. The van der Waals surface area contributed by atoms with Crippen LogP contribution in [0, 0.1) is 0 Å². The molecule has 14 heavy (non-hydrogen) atoms.